The maximum absolute atomic E-state index is 6.31. The van der Waals surface area contributed by atoms with Gasteiger partial charge in [0, 0.05) is 19.7 Å². The van der Waals surface area contributed by atoms with Crippen LogP contribution >= 0.6 is 11.6 Å². The summed E-state index contributed by atoms with van der Waals surface area (Å²) in [6.07, 6.45) is 2.17. The van der Waals surface area contributed by atoms with Crippen LogP contribution in [0.25, 0.3) is 11.0 Å². The van der Waals surface area contributed by atoms with Gasteiger partial charge in [-0.15, -0.1) is 0 Å². The molecule has 0 aliphatic heterocycles. The van der Waals surface area contributed by atoms with Gasteiger partial charge in [0.1, 0.15) is 11.9 Å². The monoisotopic (exact) mass is 265 g/mol. The van der Waals surface area contributed by atoms with Crippen molar-refractivity contribution >= 4 is 22.6 Å². The summed E-state index contributed by atoms with van der Waals surface area (Å²) in [4.78, 5) is 4.65. The number of rotatable bonds is 4. The molecule has 1 atom stereocenters. The summed E-state index contributed by atoms with van der Waals surface area (Å²) in [5.41, 5.74) is 7.68. The molecule has 1 aliphatic carbocycles. The van der Waals surface area contributed by atoms with Crippen molar-refractivity contribution in [2.75, 3.05) is 13.7 Å². The Morgan fingerprint density at radius 3 is 2.94 bits per heavy atom. The fraction of sp³-hybridized carbons (Fsp3) is 0.462. The van der Waals surface area contributed by atoms with E-state index in [9.17, 15) is 0 Å². The second kappa shape index (κ2) is 4.53. The zero-order valence-corrected chi connectivity index (χ0v) is 11.0. The largest absolute Gasteiger partial charge is 0.372 e. The van der Waals surface area contributed by atoms with E-state index < -0.39 is 0 Å². The van der Waals surface area contributed by atoms with Gasteiger partial charge in [-0.1, -0.05) is 17.7 Å². The predicted molar refractivity (Wildman–Crippen MR) is 71.8 cm³/mol. The number of hydrogen-bond acceptors (Lipinski definition) is 3. The van der Waals surface area contributed by atoms with Gasteiger partial charge in [-0.2, -0.15) is 0 Å². The average Bonchev–Trinajstić information content (AvgIpc) is 3.13. The van der Waals surface area contributed by atoms with Crippen LogP contribution < -0.4 is 5.73 Å². The standard InChI is InChI=1S/C13H16ClN3O/c1-18-11(7-15)13-16-10-4-2-3-9(14)12(10)17(13)8-5-6-8/h2-4,8,11H,5-7,15H2,1H3. The minimum absolute atomic E-state index is 0.172. The summed E-state index contributed by atoms with van der Waals surface area (Å²) in [7, 11) is 1.66. The molecule has 1 heterocycles. The van der Waals surface area contributed by atoms with Gasteiger partial charge in [-0.05, 0) is 25.0 Å². The Bertz CT molecular complexity index is 573. The van der Waals surface area contributed by atoms with E-state index in [4.69, 9.17) is 22.1 Å². The van der Waals surface area contributed by atoms with Gasteiger partial charge in [-0.3, -0.25) is 0 Å². The minimum atomic E-state index is -0.172. The first-order valence-electron chi connectivity index (χ1n) is 6.15. The Balaban J connectivity index is 2.24. The lowest BCUT2D eigenvalue weighted by molar-refractivity contribution is 0.100. The van der Waals surface area contributed by atoms with Crippen LogP contribution in [0.2, 0.25) is 5.02 Å². The van der Waals surface area contributed by atoms with Gasteiger partial charge in [-0.25, -0.2) is 4.98 Å². The van der Waals surface area contributed by atoms with Crippen LogP contribution in [0.3, 0.4) is 0 Å². The Hall–Kier alpha value is -1.10. The number of benzene rings is 1. The lowest BCUT2D eigenvalue weighted by Gasteiger charge is -2.15. The molecule has 1 fully saturated rings. The summed E-state index contributed by atoms with van der Waals surface area (Å²) in [6, 6.07) is 6.29. The van der Waals surface area contributed by atoms with Crippen LogP contribution in [-0.4, -0.2) is 23.2 Å². The quantitative estimate of drug-likeness (QED) is 0.925. The number of halogens is 1. The Morgan fingerprint density at radius 2 is 2.33 bits per heavy atom. The first-order chi connectivity index (χ1) is 8.76. The number of nitrogens with zero attached hydrogens (tertiary/aromatic N) is 2. The van der Waals surface area contributed by atoms with Gasteiger partial charge >= 0.3 is 0 Å². The molecule has 18 heavy (non-hydrogen) atoms. The minimum Gasteiger partial charge on any atom is -0.372 e. The van der Waals surface area contributed by atoms with Gasteiger partial charge in [0.25, 0.3) is 0 Å². The average molecular weight is 266 g/mol. The lowest BCUT2D eigenvalue weighted by Crippen LogP contribution is -2.18. The number of imidazole rings is 1. The van der Waals surface area contributed by atoms with Crippen molar-refractivity contribution in [3.8, 4) is 0 Å². The summed E-state index contributed by atoms with van der Waals surface area (Å²) < 4.78 is 7.63. The van der Waals surface area contributed by atoms with Crippen molar-refractivity contribution in [1.82, 2.24) is 9.55 Å². The molecule has 1 aromatic carbocycles. The van der Waals surface area contributed by atoms with E-state index in [0.29, 0.717) is 12.6 Å². The molecule has 1 aromatic heterocycles. The van der Waals surface area contributed by atoms with Crippen LogP contribution in [0.15, 0.2) is 18.2 Å². The van der Waals surface area contributed by atoms with Crippen molar-refractivity contribution in [2.45, 2.75) is 25.0 Å². The van der Waals surface area contributed by atoms with Gasteiger partial charge in [0.2, 0.25) is 0 Å². The number of hydrogen-bond donors (Lipinski definition) is 1. The van der Waals surface area contributed by atoms with Gasteiger partial charge in [0.05, 0.1) is 16.1 Å². The zero-order chi connectivity index (χ0) is 12.7. The van der Waals surface area contributed by atoms with Crippen molar-refractivity contribution in [1.29, 1.82) is 0 Å². The third-order valence-corrected chi connectivity index (χ3v) is 3.69. The third kappa shape index (κ3) is 1.81. The second-order valence-corrected chi connectivity index (χ2v) is 5.05. The molecule has 0 saturated heterocycles. The number of nitrogens with two attached hydrogens (primary N) is 1. The Labute approximate surface area is 111 Å². The van der Waals surface area contributed by atoms with Crippen LogP contribution in [0, 0.1) is 0 Å². The van der Waals surface area contributed by atoms with Crippen molar-refractivity contribution in [2.24, 2.45) is 5.73 Å². The van der Waals surface area contributed by atoms with Crippen molar-refractivity contribution in [3.05, 3.63) is 29.0 Å². The first kappa shape index (κ1) is 12.0. The highest BCUT2D eigenvalue weighted by molar-refractivity contribution is 6.35. The lowest BCUT2D eigenvalue weighted by atomic mass is 10.3. The number of methoxy groups -OCH3 is 1. The number of fused-ring (bicyclic) bond motifs is 1. The molecule has 0 spiro atoms. The normalized spacial score (nSPS) is 17.3. The van der Waals surface area contributed by atoms with E-state index in [-0.39, 0.29) is 6.10 Å². The van der Waals surface area contributed by atoms with E-state index in [0.717, 1.165) is 21.9 Å². The molecule has 0 bridgehead atoms. The SMILES string of the molecule is COC(CN)c1nc2cccc(Cl)c2n1C1CC1. The summed E-state index contributed by atoms with van der Waals surface area (Å²) >= 11 is 6.31. The Morgan fingerprint density at radius 1 is 1.56 bits per heavy atom. The molecule has 2 aromatic rings. The van der Waals surface area contributed by atoms with E-state index >= 15 is 0 Å². The highest BCUT2D eigenvalue weighted by atomic mass is 35.5. The second-order valence-electron chi connectivity index (χ2n) is 4.64. The van der Waals surface area contributed by atoms with Crippen molar-refractivity contribution in [3.63, 3.8) is 0 Å². The zero-order valence-electron chi connectivity index (χ0n) is 10.3. The highest BCUT2D eigenvalue weighted by Gasteiger charge is 2.31. The molecule has 0 radical (unpaired) electrons. The molecule has 0 amide bonds. The van der Waals surface area contributed by atoms with Crippen LogP contribution in [0.4, 0.5) is 0 Å². The van der Waals surface area contributed by atoms with E-state index in [1.807, 2.05) is 18.2 Å². The fourth-order valence-corrected chi connectivity index (χ4v) is 2.62. The predicted octanol–water partition coefficient (Wildman–Crippen LogP) is 2.67. The molecular weight excluding hydrogens is 250 g/mol. The summed E-state index contributed by atoms with van der Waals surface area (Å²) in [5.74, 6) is 0.894. The van der Waals surface area contributed by atoms with E-state index in [1.165, 1.54) is 12.8 Å². The third-order valence-electron chi connectivity index (χ3n) is 3.39. The molecule has 5 heteroatoms. The van der Waals surface area contributed by atoms with Crippen LogP contribution in [-0.2, 0) is 4.74 Å². The van der Waals surface area contributed by atoms with Crippen LogP contribution in [0.5, 0.6) is 0 Å². The van der Waals surface area contributed by atoms with E-state index in [1.54, 1.807) is 7.11 Å². The number of aromatic nitrogens is 2. The maximum Gasteiger partial charge on any atom is 0.140 e. The number of para-hydroxylation sites is 1. The molecule has 4 nitrogen and oxygen atoms in total. The summed E-state index contributed by atoms with van der Waals surface area (Å²) in [5, 5.41) is 0.741. The van der Waals surface area contributed by atoms with Gasteiger partial charge < -0.3 is 15.0 Å². The smallest absolute Gasteiger partial charge is 0.140 e. The molecule has 1 unspecified atom stereocenters. The first-order valence-corrected chi connectivity index (χ1v) is 6.53. The molecule has 96 valence electrons. The summed E-state index contributed by atoms with van der Waals surface area (Å²) in [6.45, 7) is 0.421. The Kier molecular flexibility index (Phi) is 3.01. The molecule has 1 saturated carbocycles. The molecular formula is C13H16ClN3O. The number of ether oxygens (including phenoxy) is 1. The fourth-order valence-electron chi connectivity index (χ4n) is 2.36. The molecule has 2 N–H and O–H groups in total. The molecule has 3 rings (SSSR count). The van der Waals surface area contributed by atoms with Gasteiger partial charge in [0.15, 0.2) is 0 Å². The van der Waals surface area contributed by atoms with Crippen LogP contribution in [0.1, 0.15) is 30.8 Å². The van der Waals surface area contributed by atoms with E-state index in [2.05, 4.69) is 9.55 Å². The topological polar surface area (TPSA) is 53.1 Å². The highest BCUT2D eigenvalue weighted by Crippen LogP contribution is 2.41. The van der Waals surface area contributed by atoms with Crippen molar-refractivity contribution < 1.29 is 4.74 Å². The molecule has 1 aliphatic rings. The maximum atomic E-state index is 6.31.